The summed E-state index contributed by atoms with van der Waals surface area (Å²) in [6, 6.07) is 10.4. The van der Waals surface area contributed by atoms with E-state index in [-0.39, 0.29) is 24.9 Å². The molecule has 2 aliphatic heterocycles. The monoisotopic (exact) mass is 513 g/mol. The van der Waals surface area contributed by atoms with Gasteiger partial charge in [-0.3, -0.25) is 4.68 Å². The van der Waals surface area contributed by atoms with Gasteiger partial charge in [0.05, 0.1) is 40.7 Å². The number of aromatic nitrogens is 5. The zero-order chi connectivity index (χ0) is 24.6. The number of fused-ring (bicyclic) bond motifs is 3. The molecule has 2 N–H and O–H groups in total. The molecule has 5 heterocycles. The lowest BCUT2D eigenvalue weighted by Gasteiger charge is -2.15. The van der Waals surface area contributed by atoms with Gasteiger partial charge in [0.2, 0.25) is 0 Å². The van der Waals surface area contributed by atoms with E-state index in [0.717, 1.165) is 35.3 Å². The molecular formula is C25H28ClN5O5. The van der Waals surface area contributed by atoms with E-state index < -0.39 is 6.10 Å². The lowest BCUT2D eigenvalue weighted by atomic mass is 10.1. The number of aliphatic hydroxyl groups is 1. The van der Waals surface area contributed by atoms with Crippen molar-refractivity contribution in [2.24, 2.45) is 0 Å². The van der Waals surface area contributed by atoms with Crippen molar-refractivity contribution >= 4 is 33.7 Å². The molecule has 0 saturated carbocycles. The largest absolute Gasteiger partial charge is 0.456 e. The first-order chi connectivity index (χ1) is 17.6. The second-order valence-corrected chi connectivity index (χ2v) is 9.59. The van der Waals surface area contributed by atoms with Gasteiger partial charge >= 0.3 is 0 Å². The van der Waals surface area contributed by atoms with Crippen molar-refractivity contribution in [3.63, 3.8) is 0 Å². The molecule has 6 rings (SSSR count). The molecular weight excluding hydrogens is 486 g/mol. The number of pyridine rings is 1. The normalized spacial score (nSPS) is 23.6. The molecule has 190 valence electrons. The Labute approximate surface area is 212 Å². The number of nitrogens with zero attached hydrogens (tertiary/aromatic N) is 4. The van der Waals surface area contributed by atoms with Crippen LogP contribution >= 0.6 is 11.6 Å². The molecule has 0 unspecified atom stereocenters. The summed E-state index contributed by atoms with van der Waals surface area (Å²) < 4.78 is 24.5. The van der Waals surface area contributed by atoms with Crippen LogP contribution in [0.15, 0.2) is 30.3 Å². The molecule has 2 aliphatic rings. The minimum absolute atomic E-state index is 0.247. The van der Waals surface area contributed by atoms with Gasteiger partial charge in [-0.15, -0.1) is 0 Å². The predicted molar refractivity (Wildman–Crippen MR) is 132 cm³/mol. The highest BCUT2D eigenvalue weighted by Gasteiger charge is 2.48. The number of nitrogens with one attached hydrogen (secondary N) is 1. The fraction of sp³-hybridized carbons (Fsp3) is 0.480. The van der Waals surface area contributed by atoms with Crippen molar-refractivity contribution in [2.45, 2.75) is 50.2 Å². The molecule has 3 aromatic heterocycles. The highest BCUT2D eigenvalue weighted by atomic mass is 35.5. The number of aryl methyl sites for hydroxylation is 3. The summed E-state index contributed by atoms with van der Waals surface area (Å²) >= 11 is 6.59. The van der Waals surface area contributed by atoms with Crippen LogP contribution < -0.4 is 4.74 Å². The van der Waals surface area contributed by atoms with Gasteiger partial charge in [0.1, 0.15) is 18.3 Å². The fourth-order valence-corrected chi connectivity index (χ4v) is 5.24. The summed E-state index contributed by atoms with van der Waals surface area (Å²) in [5.74, 6) is 0. The summed E-state index contributed by atoms with van der Waals surface area (Å²) in [5.41, 5.74) is 4.11. The first-order valence-electron chi connectivity index (χ1n) is 12.2. The van der Waals surface area contributed by atoms with Crippen molar-refractivity contribution in [1.29, 1.82) is 0 Å². The van der Waals surface area contributed by atoms with Crippen LogP contribution in [-0.4, -0.2) is 81.2 Å². The van der Waals surface area contributed by atoms with Crippen LogP contribution in [0.3, 0.4) is 0 Å². The van der Waals surface area contributed by atoms with Crippen LogP contribution in [0, 0.1) is 0 Å². The van der Waals surface area contributed by atoms with Crippen LogP contribution in [0.1, 0.15) is 17.8 Å². The summed E-state index contributed by atoms with van der Waals surface area (Å²) in [6.07, 6.45) is 0.569. The van der Waals surface area contributed by atoms with E-state index in [0.29, 0.717) is 48.3 Å². The molecule has 0 radical (unpaired) electrons. The van der Waals surface area contributed by atoms with E-state index in [1.807, 2.05) is 22.9 Å². The summed E-state index contributed by atoms with van der Waals surface area (Å²) in [7, 11) is 1.71. The van der Waals surface area contributed by atoms with Crippen LogP contribution in [0.25, 0.3) is 22.1 Å². The van der Waals surface area contributed by atoms with E-state index in [1.165, 1.54) is 0 Å². The van der Waals surface area contributed by atoms with E-state index in [2.05, 4.69) is 22.1 Å². The van der Waals surface area contributed by atoms with Crippen LogP contribution in [0.4, 0.5) is 0 Å². The third kappa shape index (κ3) is 4.44. The van der Waals surface area contributed by atoms with Gasteiger partial charge in [-0.2, -0.15) is 10.1 Å². The summed E-state index contributed by atoms with van der Waals surface area (Å²) in [5, 5.41) is 16.5. The van der Waals surface area contributed by atoms with Crippen molar-refractivity contribution in [1.82, 2.24) is 24.7 Å². The zero-order valence-electron chi connectivity index (χ0n) is 19.9. The smallest absolute Gasteiger partial charge is 0.296 e. The summed E-state index contributed by atoms with van der Waals surface area (Å²) in [6.45, 7) is 2.07. The molecule has 0 spiro atoms. The minimum atomic E-state index is -0.629. The Morgan fingerprint density at radius 2 is 1.97 bits per heavy atom. The average molecular weight is 514 g/mol. The maximum atomic E-state index is 9.94. The van der Waals surface area contributed by atoms with E-state index in [4.69, 9.17) is 40.6 Å². The molecule has 0 amide bonds. The fourth-order valence-electron chi connectivity index (χ4n) is 5.00. The number of aliphatic hydroxyl groups excluding tert-OH is 1. The Hall–Kier alpha value is -2.76. The number of hydrogen-bond acceptors (Lipinski definition) is 8. The van der Waals surface area contributed by atoms with E-state index >= 15 is 0 Å². The van der Waals surface area contributed by atoms with E-state index in [1.54, 1.807) is 7.11 Å². The third-order valence-electron chi connectivity index (χ3n) is 6.77. The van der Waals surface area contributed by atoms with Gasteiger partial charge in [0.25, 0.3) is 6.01 Å². The van der Waals surface area contributed by atoms with E-state index in [9.17, 15) is 5.11 Å². The molecule has 2 fully saturated rings. The quantitative estimate of drug-likeness (QED) is 0.328. The number of benzene rings is 1. The molecule has 1 aromatic carbocycles. The standard InChI is InChI=1S/C25H28ClN5O5/c1-33-10-4-9-31-19-6-3-2-5-14(19)16(30-31)7-8-17-15(26)11-18-24(27-17)29-25(28-18)36-21-13-35-22-20(32)12-34-23(21)22/h2-3,5-6,11,20-23,32H,4,7-10,12-13H2,1H3,(H,27,28,29)/t20-,21-,22-,23-/m1/s1. The lowest BCUT2D eigenvalue weighted by Crippen LogP contribution is -2.34. The Bertz CT molecular complexity index is 1370. The molecule has 10 nitrogen and oxygen atoms in total. The Morgan fingerprint density at radius 3 is 2.86 bits per heavy atom. The maximum Gasteiger partial charge on any atom is 0.296 e. The van der Waals surface area contributed by atoms with Gasteiger partial charge in [0, 0.05) is 25.6 Å². The van der Waals surface area contributed by atoms with Gasteiger partial charge in [-0.1, -0.05) is 29.8 Å². The Balaban J connectivity index is 1.18. The van der Waals surface area contributed by atoms with Gasteiger partial charge in [-0.25, -0.2) is 4.98 Å². The number of aromatic amines is 1. The zero-order valence-corrected chi connectivity index (χ0v) is 20.6. The molecule has 4 aromatic rings. The minimum Gasteiger partial charge on any atom is -0.456 e. The number of rotatable bonds is 9. The Morgan fingerprint density at radius 1 is 1.14 bits per heavy atom. The lowest BCUT2D eigenvalue weighted by molar-refractivity contribution is 0.00706. The van der Waals surface area contributed by atoms with Crippen LogP contribution in [0.5, 0.6) is 6.01 Å². The van der Waals surface area contributed by atoms with Crippen molar-refractivity contribution in [3.8, 4) is 6.01 Å². The topological polar surface area (TPSA) is 117 Å². The number of imidazole rings is 1. The van der Waals surface area contributed by atoms with Crippen molar-refractivity contribution in [3.05, 3.63) is 46.7 Å². The van der Waals surface area contributed by atoms with Gasteiger partial charge in [-0.05, 0) is 31.4 Å². The first-order valence-corrected chi connectivity index (χ1v) is 12.5. The molecule has 36 heavy (non-hydrogen) atoms. The third-order valence-corrected chi connectivity index (χ3v) is 7.10. The first kappa shape index (κ1) is 23.6. The maximum absolute atomic E-state index is 9.94. The number of H-pyrrole nitrogens is 1. The molecule has 0 bridgehead atoms. The van der Waals surface area contributed by atoms with Crippen molar-refractivity contribution in [2.75, 3.05) is 26.9 Å². The van der Waals surface area contributed by atoms with Crippen LogP contribution in [-0.2, 0) is 33.6 Å². The predicted octanol–water partition coefficient (Wildman–Crippen LogP) is 2.69. The number of ether oxygens (including phenoxy) is 4. The number of methoxy groups -OCH3 is 1. The van der Waals surface area contributed by atoms with Gasteiger partial charge < -0.3 is 29.0 Å². The number of halogens is 1. The molecule has 4 atom stereocenters. The summed E-state index contributed by atoms with van der Waals surface area (Å²) in [4.78, 5) is 12.3. The SMILES string of the molecule is COCCCn1nc(CCc2nc3nc(O[C@@H]4CO[C@H]5[C@@H]4OC[C@H]5O)[nH]c3cc2Cl)c2ccccc21. The second-order valence-electron chi connectivity index (χ2n) is 9.18. The highest BCUT2D eigenvalue weighted by Crippen LogP contribution is 2.30. The van der Waals surface area contributed by atoms with Crippen molar-refractivity contribution < 1.29 is 24.1 Å². The highest BCUT2D eigenvalue weighted by molar-refractivity contribution is 6.31. The number of hydrogen-bond donors (Lipinski definition) is 2. The second kappa shape index (κ2) is 9.95. The molecule has 2 saturated heterocycles. The Kier molecular flexibility index (Phi) is 6.53. The average Bonchev–Trinajstić information content (AvgIpc) is 3.63. The molecule has 0 aliphatic carbocycles. The van der Waals surface area contributed by atoms with Gasteiger partial charge in [0.15, 0.2) is 11.8 Å². The number of para-hydroxylation sites is 1. The molecule has 11 heteroatoms. The van der Waals surface area contributed by atoms with Crippen LogP contribution in [0.2, 0.25) is 5.02 Å².